The molecule has 0 amide bonds. The highest BCUT2D eigenvalue weighted by Crippen LogP contribution is 2.60. The molecule has 0 spiro atoms. The molecule has 4 bridgehead atoms. The van der Waals surface area contributed by atoms with Gasteiger partial charge < -0.3 is 0 Å². The fraction of sp³-hybridized carbons (Fsp3) is 0.455. The number of aromatic nitrogens is 1. The van der Waals surface area contributed by atoms with Crippen LogP contribution in [-0.2, 0) is 5.41 Å². The lowest BCUT2D eigenvalue weighted by Gasteiger charge is -2.56. The highest BCUT2D eigenvalue weighted by atomic mass is 32.1. The third kappa shape index (κ3) is 2.85. The van der Waals surface area contributed by atoms with Crippen molar-refractivity contribution in [2.75, 3.05) is 0 Å². The Balaban J connectivity index is 1.49. The highest BCUT2D eigenvalue weighted by molar-refractivity contribution is 7.11. The second kappa shape index (κ2) is 6.52. The molecular weight excluding hydrogens is 370 g/mol. The number of nitro groups is 1. The van der Waals surface area contributed by atoms with Gasteiger partial charge in [-0.25, -0.2) is 4.98 Å². The van der Waals surface area contributed by atoms with E-state index in [4.69, 9.17) is 4.98 Å². The smallest absolute Gasteiger partial charge is 0.258 e. The second-order valence-corrected chi connectivity index (χ2v) is 9.58. The zero-order valence-corrected chi connectivity index (χ0v) is 16.3. The molecular formula is C22H21N3O2S. The van der Waals surface area contributed by atoms with Crippen LogP contribution < -0.4 is 0 Å². The molecule has 4 aliphatic carbocycles. The van der Waals surface area contributed by atoms with E-state index in [0.29, 0.717) is 16.1 Å². The maximum absolute atomic E-state index is 11.3. The molecule has 5 nitrogen and oxygen atoms in total. The Bertz CT molecular complexity index is 982. The van der Waals surface area contributed by atoms with Crippen LogP contribution in [0, 0.1) is 39.2 Å². The monoisotopic (exact) mass is 391 g/mol. The molecule has 0 unspecified atom stereocenters. The van der Waals surface area contributed by atoms with E-state index >= 15 is 0 Å². The van der Waals surface area contributed by atoms with Gasteiger partial charge in [-0.2, -0.15) is 5.26 Å². The molecule has 0 saturated heterocycles. The van der Waals surface area contributed by atoms with E-state index < -0.39 is 4.92 Å². The normalized spacial score (nSPS) is 31.0. The van der Waals surface area contributed by atoms with E-state index in [2.05, 4.69) is 11.4 Å². The van der Waals surface area contributed by atoms with Crippen LogP contribution in [0.25, 0.3) is 11.6 Å². The average molecular weight is 391 g/mol. The molecule has 1 heterocycles. The SMILES string of the molecule is N#C/C(=C\c1ccccc1[N+](=O)[O-])c1nc(C23CC4CC(CC(C4)C2)C3)cs1. The van der Waals surface area contributed by atoms with Crippen molar-refractivity contribution >= 4 is 28.7 Å². The summed E-state index contributed by atoms with van der Waals surface area (Å²) in [7, 11) is 0. The van der Waals surface area contributed by atoms with Crippen LogP contribution >= 0.6 is 11.3 Å². The van der Waals surface area contributed by atoms with Crippen LogP contribution in [0.15, 0.2) is 29.6 Å². The average Bonchev–Trinajstić information content (AvgIpc) is 3.16. The lowest BCUT2D eigenvalue weighted by atomic mass is 9.49. The van der Waals surface area contributed by atoms with Crippen LogP contribution in [0.3, 0.4) is 0 Å². The Hall–Kier alpha value is -2.52. The van der Waals surface area contributed by atoms with E-state index in [1.807, 2.05) is 0 Å². The van der Waals surface area contributed by atoms with E-state index in [1.165, 1.54) is 55.9 Å². The maximum Gasteiger partial charge on any atom is 0.276 e. The number of benzene rings is 1. The minimum atomic E-state index is -0.413. The van der Waals surface area contributed by atoms with Crippen molar-refractivity contribution in [3.63, 3.8) is 0 Å². The van der Waals surface area contributed by atoms with Crippen LogP contribution in [0.5, 0.6) is 0 Å². The number of rotatable bonds is 4. The summed E-state index contributed by atoms with van der Waals surface area (Å²) in [5.41, 5.74) is 2.19. The summed E-state index contributed by atoms with van der Waals surface area (Å²) in [5.74, 6) is 2.53. The zero-order valence-electron chi connectivity index (χ0n) is 15.5. The lowest BCUT2D eigenvalue weighted by Crippen LogP contribution is -2.48. The third-order valence-electron chi connectivity index (χ3n) is 6.87. The van der Waals surface area contributed by atoms with E-state index in [0.717, 1.165) is 23.4 Å². The largest absolute Gasteiger partial charge is 0.276 e. The van der Waals surface area contributed by atoms with E-state index in [-0.39, 0.29) is 11.1 Å². The standard InChI is InChI=1S/C22H21N3O2S/c23-12-18(8-17-3-1-2-4-19(17)25(26)27)21-24-20(13-28-21)22-9-14-5-15(10-22)7-16(6-14)11-22/h1-4,8,13-16H,5-7,9-11H2/b18-8+. The Labute approximate surface area is 167 Å². The number of para-hydroxylation sites is 1. The summed E-state index contributed by atoms with van der Waals surface area (Å²) in [6.07, 6.45) is 9.46. The van der Waals surface area contributed by atoms with Gasteiger partial charge in [0.05, 0.1) is 21.8 Å². The number of hydrogen-bond acceptors (Lipinski definition) is 5. The summed E-state index contributed by atoms with van der Waals surface area (Å²) in [4.78, 5) is 15.8. The number of thiazole rings is 1. The minimum Gasteiger partial charge on any atom is -0.258 e. The van der Waals surface area contributed by atoms with Gasteiger partial charge in [0.2, 0.25) is 0 Å². The predicted octanol–water partition coefficient (Wildman–Crippen LogP) is 5.58. The van der Waals surface area contributed by atoms with Crippen molar-refractivity contribution in [3.05, 3.63) is 56.0 Å². The van der Waals surface area contributed by atoms with Crippen molar-refractivity contribution in [2.24, 2.45) is 17.8 Å². The van der Waals surface area contributed by atoms with Crippen LogP contribution in [0.2, 0.25) is 0 Å². The Kier molecular flexibility index (Phi) is 4.09. The first-order valence-corrected chi connectivity index (χ1v) is 10.8. The van der Waals surface area contributed by atoms with E-state index in [1.54, 1.807) is 24.3 Å². The topological polar surface area (TPSA) is 79.8 Å². The molecule has 0 N–H and O–H groups in total. The molecule has 4 aliphatic rings. The van der Waals surface area contributed by atoms with Gasteiger partial charge in [0.1, 0.15) is 11.1 Å². The predicted molar refractivity (Wildman–Crippen MR) is 109 cm³/mol. The molecule has 28 heavy (non-hydrogen) atoms. The van der Waals surface area contributed by atoms with Crippen LogP contribution in [0.4, 0.5) is 5.69 Å². The number of nitrogens with zero attached hydrogens (tertiary/aromatic N) is 3. The maximum atomic E-state index is 11.3. The van der Waals surface area contributed by atoms with Crippen molar-refractivity contribution in [2.45, 2.75) is 43.9 Å². The molecule has 0 aliphatic heterocycles. The molecule has 6 heteroatoms. The van der Waals surface area contributed by atoms with Crippen molar-refractivity contribution in [1.82, 2.24) is 4.98 Å². The van der Waals surface area contributed by atoms with E-state index in [9.17, 15) is 15.4 Å². The summed E-state index contributed by atoms with van der Waals surface area (Å²) >= 11 is 1.49. The molecule has 1 aromatic carbocycles. The molecule has 4 saturated carbocycles. The van der Waals surface area contributed by atoms with Gasteiger partial charge in [0.15, 0.2) is 0 Å². The molecule has 142 valence electrons. The Morgan fingerprint density at radius 1 is 1.21 bits per heavy atom. The summed E-state index contributed by atoms with van der Waals surface area (Å²) in [5, 5.41) is 23.8. The summed E-state index contributed by atoms with van der Waals surface area (Å²) in [6, 6.07) is 8.72. The van der Waals surface area contributed by atoms with Crippen molar-refractivity contribution in [3.8, 4) is 6.07 Å². The number of hydrogen-bond donors (Lipinski definition) is 0. The van der Waals surface area contributed by atoms with Gasteiger partial charge in [0, 0.05) is 16.9 Å². The Morgan fingerprint density at radius 3 is 2.46 bits per heavy atom. The molecule has 6 rings (SSSR count). The number of allylic oxidation sites excluding steroid dienone is 1. The summed E-state index contributed by atoms with van der Waals surface area (Å²) < 4.78 is 0. The first-order valence-electron chi connectivity index (χ1n) is 9.88. The lowest BCUT2D eigenvalue weighted by molar-refractivity contribution is -0.385. The quantitative estimate of drug-likeness (QED) is 0.387. The Morgan fingerprint density at radius 2 is 1.86 bits per heavy atom. The van der Waals surface area contributed by atoms with Crippen molar-refractivity contribution in [1.29, 1.82) is 5.26 Å². The van der Waals surface area contributed by atoms with Crippen LogP contribution in [-0.4, -0.2) is 9.91 Å². The summed E-state index contributed by atoms with van der Waals surface area (Å²) in [6.45, 7) is 0. The minimum absolute atomic E-state index is 0.00751. The molecule has 0 radical (unpaired) electrons. The van der Waals surface area contributed by atoms with Gasteiger partial charge in [-0.05, 0) is 68.4 Å². The molecule has 4 fully saturated rings. The van der Waals surface area contributed by atoms with Crippen molar-refractivity contribution < 1.29 is 4.92 Å². The first kappa shape index (κ1) is 17.6. The third-order valence-corrected chi connectivity index (χ3v) is 7.75. The van der Waals surface area contributed by atoms with Gasteiger partial charge in [-0.15, -0.1) is 11.3 Å². The number of nitriles is 1. The first-order chi connectivity index (χ1) is 13.6. The fourth-order valence-corrected chi connectivity index (χ4v) is 7.05. The number of nitro benzene ring substituents is 1. The molecule has 2 aromatic rings. The van der Waals surface area contributed by atoms with Gasteiger partial charge in [-0.1, -0.05) is 12.1 Å². The zero-order chi connectivity index (χ0) is 19.3. The van der Waals surface area contributed by atoms with Gasteiger partial charge >= 0.3 is 0 Å². The highest BCUT2D eigenvalue weighted by Gasteiger charge is 2.52. The van der Waals surface area contributed by atoms with Gasteiger partial charge in [0.25, 0.3) is 5.69 Å². The van der Waals surface area contributed by atoms with Gasteiger partial charge in [-0.3, -0.25) is 10.1 Å². The molecule has 0 atom stereocenters. The molecule has 1 aromatic heterocycles. The van der Waals surface area contributed by atoms with Crippen LogP contribution in [0.1, 0.15) is 54.8 Å². The second-order valence-electron chi connectivity index (χ2n) is 8.72. The fourth-order valence-electron chi connectivity index (χ4n) is 6.14.